The fourth-order valence-electron chi connectivity index (χ4n) is 2.67. The second-order valence-electron chi connectivity index (χ2n) is 6.61. The minimum atomic E-state index is -4.06. The Hall–Kier alpha value is -3.43. The molecule has 0 heterocycles. The first-order valence-corrected chi connectivity index (χ1v) is 10.7. The number of benzene rings is 3. The predicted molar refractivity (Wildman–Crippen MR) is 116 cm³/mol. The number of primary amides is 1. The van der Waals surface area contributed by atoms with Crippen molar-refractivity contribution in [2.75, 3.05) is 10.0 Å². The number of nitrogens with one attached hydrogen (secondary N) is 2. The molecule has 160 valence electrons. The monoisotopic (exact) mass is 461 g/mol. The number of carbonyl (C=O) groups excluding carboxylic acids is 2. The lowest BCUT2D eigenvalue weighted by Gasteiger charge is -2.11. The molecular weight excluding hydrogens is 445 g/mol. The van der Waals surface area contributed by atoms with E-state index in [9.17, 15) is 22.4 Å². The summed E-state index contributed by atoms with van der Waals surface area (Å²) in [5, 5.41) is 2.73. The van der Waals surface area contributed by atoms with Gasteiger partial charge in [0, 0.05) is 16.9 Å². The highest BCUT2D eigenvalue weighted by atomic mass is 35.5. The van der Waals surface area contributed by atoms with E-state index < -0.39 is 27.7 Å². The summed E-state index contributed by atoms with van der Waals surface area (Å²) in [6.45, 7) is 1.52. The largest absolute Gasteiger partial charge is 0.366 e. The van der Waals surface area contributed by atoms with E-state index in [0.29, 0.717) is 5.56 Å². The van der Waals surface area contributed by atoms with Crippen LogP contribution in [0.15, 0.2) is 65.6 Å². The number of amides is 2. The van der Waals surface area contributed by atoms with Gasteiger partial charge in [0.2, 0.25) is 5.91 Å². The summed E-state index contributed by atoms with van der Waals surface area (Å²) < 4.78 is 41.1. The van der Waals surface area contributed by atoms with Gasteiger partial charge in [0.25, 0.3) is 15.9 Å². The highest BCUT2D eigenvalue weighted by molar-refractivity contribution is 7.92. The molecule has 0 spiro atoms. The molecule has 0 aliphatic carbocycles. The number of nitrogens with two attached hydrogens (primary N) is 1. The zero-order valence-corrected chi connectivity index (χ0v) is 17.7. The Morgan fingerprint density at radius 2 is 1.74 bits per heavy atom. The minimum absolute atomic E-state index is 0.0475. The van der Waals surface area contributed by atoms with E-state index in [2.05, 4.69) is 10.0 Å². The molecule has 0 fully saturated rings. The maximum absolute atomic E-state index is 13.7. The van der Waals surface area contributed by atoms with Crippen LogP contribution in [-0.2, 0) is 10.0 Å². The fraction of sp³-hybridized carbons (Fsp3) is 0.0476. The van der Waals surface area contributed by atoms with Crippen LogP contribution in [0.2, 0.25) is 5.02 Å². The Morgan fingerprint density at radius 3 is 2.42 bits per heavy atom. The lowest BCUT2D eigenvalue weighted by molar-refractivity contribution is 0.0996. The summed E-state index contributed by atoms with van der Waals surface area (Å²) in [5.74, 6) is -1.94. The molecule has 0 aliphatic rings. The van der Waals surface area contributed by atoms with Crippen molar-refractivity contribution in [2.45, 2.75) is 11.8 Å². The second kappa shape index (κ2) is 8.75. The minimum Gasteiger partial charge on any atom is -0.366 e. The van der Waals surface area contributed by atoms with E-state index in [1.807, 2.05) is 0 Å². The van der Waals surface area contributed by atoms with Crippen LogP contribution < -0.4 is 15.8 Å². The number of carbonyl (C=O) groups is 2. The summed E-state index contributed by atoms with van der Waals surface area (Å²) in [6, 6.07) is 13.5. The highest BCUT2D eigenvalue weighted by Gasteiger charge is 2.17. The van der Waals surface area contributed by atoms with Crippen molar-refractivity contribution in [3.05, 3.63) is 88.2 Å². The summed E-state index contributed by atoms with van der Waals surface area (Å²) in [7, 11) is -4.06. The van der Waals surface area contributed by atoms with E-state index in [-0.39, 0.29) is 32.4 Å². The predicted octanol–water partition coefficient (Wildman–Crippen LogP) is 3.94. The Kier molecular flexibility index (Phi) is 6.28. The SMILES string of the molecule is Cc1ccc(S(=O)(=O)Nc2cccc(C(=O)Nc3ccc(Cl)c(C(N)=O)c3)c2)cc1F. The van der Waals surface area contributed by atoms with Gasteiger partial charge >= 0.3 is 0 Å². The van der Waals surface area contributed by atoms with Crippen LogP contribution in [0.5, 0.6) is 0 Å². The van der Waals surface area contributed by atoms with E-state index >= 15 is 0 Å². The van der Waals surface area contributed by atoms with Crippen molar-refractivity contribution < 1.29 is 22.4 Å². The van der Waals surface area contributed by atoms with Crippen LogP contribution in [0.25, 0.3) is 0 Å². The molecule has 0 aliphatic heterocycles. The molecule has 0 aromatic heterocycles. The van der Waals surface area contributed by atoms with Gasteiger partial charge in [-0.2, -0.15) is 0 Å². The third-order valence-corrected chi connectivity index (χ3v) is 6.03. The molecule has 0 saturated heterocycles. The summed E-state index contributed by atoms with van der Waals surface area (Å²) in [6.07, 6.45) is 0. The maximum Gasteiger partial charge on any atom is 0.261 e. The van der Waals surface area contributed by atoms with Crippen molar-refractivity contribution in [3.63, 3.8) is 0 Å². The van der Waals surface area contributed by atoms with Gasteiger partial charge < -0.3 is 11.1 Å². The lowest BCUT2D eigenvalue weighted by atomic mass is 10.1. The molecule has 31 heavy (non-hydrogen) atoms. The van der Waals surface area contributed by atoms with Gasteiger partial charge in [-0.1, -0.05) is 23.7 Å². The molecule has 3 aromatic carbocycles. The molecule has 3 rings (SSSR count). The van der Waals surface area contributed by atoms with Crippen LogP contribution in [0.3, 0.4) is 0 Å². The van der Waals surface area contributed by atoms with Gasteiger partial charge in [0.05, 0.1) is 15.5 Å². The lowest BCUT2D eigenvalue weighted by Crippen LogP contribution is -2.16. The fourth-order valence-corrected chi connectivity index (χ4v) is 3.95. The highest BCUT2D eigenvalue weighted by Crippen LogP contribution is 2.22. The molecule has 3 aromatic rings. The van der Waals surface area contributed by atoms with Gasteiger partial charge in [0.15, 0.2) is 0 Å². The van der Waals surface area contributed by atoms with Gasteiger partial charge in [-0.15, -0.1) is 0 Å². The van der Waals surface area contributed by atoms with Crippen molar-refractivity contribution in [2.24, 2.45) is 5.73 Å². The van der Waals surface area contributed by atoms with E-state index in [1.165, 1.54) is 61.5 Å². The number of aryl methyl sites for hydroxylation is 1. The number of rotatable bonds is 6. The van der Waals surface area contributed by atoms with Crippen molar-refractivity contribution in [1.29, 1.82) is 0 Å². The van der Waals surface area contributed by atoms with Crippen LogP contribution in [0.1, 0.15) is 26.3 Å². The maximum atomic E-state index is 13.7. The zero-order chi connectivity index (χ0) is 22.8. The summed E-state index contributed by atoms with van der Waals surface area (Å²) in [4.78, 5) is 23.7. The molecule has 0 atom stereocenters. The van der Waals surface area contributed by atoms with Crippen LogP contribution in [0.4, 0.5) is 15.8 Å². The Morgan fingerprint density at radius 1 is 1.00 bits per heavy atom. The quantitative estimate of drug-likeness (QED) is 0.515. The Labute approximate surface area is 183 Å². The zero-order valence-electron chi connectivity index (χ0n) is 16.1. The first-order valence-electron chi connectivity index (χ1n) is 8.86. The number of anilines is 2. The van der Waals surface area contributed by atoms with Gasteiger partial charge in [0.1, 0.15) is 5.82 Å². The normalized spacial score (nSPS) is 11.1. The Bertz CT molecular complexity index is 1300. The van der Waals surface area contributed by atoms with Crippen LogP contribution in [-0.4, -0.2) is 20.2 Å². The second-order valence-corrected chi connectivity index (χ2v) is 8.70. The number of hydrogen-bond donors (Lipinski definition) is 3. The first kappa shape index (κ1) is 22.3. The van der Waals surface area contributed by atoms with E-state index in [1.54, 1.807) is 0 Å². The van der Waals surface area contributed by atoms with Crippen molar-refractivity contribution in [3.8, 4) is 0 Å². The molecule has 4 N–H and O–H groups in total. The molecule has 7 nitrogen and oxygen atoms in total. The molecule has 0 saturated carbocycles. The molecule has 2 amide bonds. The third-order valence-electron chi connectivity index (χ3n) is 4.32. The molecule has 10 heteroatoms. The number of sulfonamides is 1. The summed E-state index contributed by atoms with van der Waals surface area (Å²) >= 11 is 5.89. The summed E-state index contributed by atoms with van der Waals surface area (Å²) in [5.41, 5.74) is 6.15. The van der Waals surface area contributed by atoms with E-state index in [0.717, 1.165) is 6.07 Å². The standard InChI is InChI=1S/C21H17ClFN3O4S/c1-12-5-7-16(11-19(12)23)31(29,30)26-15-4-2-3-13(9-15)21(28)25-14-6-8-18(22)17(10-14)20(24)27/h2-11,26H,1H3,(H2,24,27)(H,25,28). The third kappa shape index (κ3) is 5.19. The molecular formula is C21H17ClFN3O4S. The number of halogens is 2. The van der Waals surface area contributed by atoms with Crippen LogP contribution >= 0.6 is 11.6 Å². The average molecular weight is 462 g/mol. The van der Waals surface area contributed by atoms with Gasteiger partial charge in [-0.3, -0.25) is 14.3 Å². The molecule has 0 radical (unpaired) electrons. The average Bonchev–Trinajstić information content (AvgIpc) is 2.71. The van der Waals surface area contributed by atoms with Crippen molar-refractivity contribution in [1.82, 2.24) is 0 Å². The number of hydrogen-bond acceptors (Lipinski definition) is 4. The topological polar surface area (TPSA) is 118 Å². The molecule has 0 unspecified atom stereocenters. The van der Waals surface area contributed by atoms with Gasteiger partial charge in [-0.05, 0) is 61.0 Å². The van der Waals surface area contributed by atoms with E-state index in [4.69, 9.17) is 17.3 Å². The van der Waals surface area contributed by atoms with Gasteiger partial charge in [-0.25, -0.2) is 12.8 Å². The first-order chi connectivity index (χ1) is 14.6. The Balaban J connectivity index is 1.81. The van der Waals surface area contributed by atoms with Crippen LogP contribution in [0, 0.1) is 12.7 Å². The smallest absolute Gasteiger partial charge is 0.261 e. The van der Waals surface area contributed by atoms with Crippen molar-refractivity contribution >= 4 is 44.8 Å². The molecule has 0 bridgehead atoms.